The Kier molecular flexibility index (Phi) is 5.45. The van der Waals surface area contributed by atoms with Crippen molar-refractivity contribution >= 4 is 29.3 Å². The zero-order valence-corrected chi connectivity index (χ0v) is 15.0. The molecule has 1 atom stereocenters. The molecule has 7 nitrogen and oxygen atoms in total. The standard InChI is InChI=1S/C17H21N7.ClH/c1-24-11-13(10-22-24)14-7-15-16(20-6-5-19-15)17(23-14)21-9-12-3-2-4-18-8-12;/h5-7,10-12,18H,2-4,8-9H2,1H3,(H,21,23);1H/t12-;/m1./s1. The van der Waals surface area contributed by atoms with Gasteiger partial charge in [0.15, 0.2) is 5.82 Å². The van der Waals surface area contributed by atoms with Gasteiger partial charge >= 0.3 is 0 Å². The summed E-state index contributed by atoms with van der Waals surface area (Å²) < 4.78 is 1.78. The SMILES string of the molecule is Cl.Cn1cc(-c2cc3nccnc3c(NC[C@@H]3CCCNC3)n2)cn1. The molecule has 0 radical (unpaired) electrons. The van der Waals surface area contributed by atoms with Crippen molar-refractivity contribution in [3.63, 3.8) is 0 Å². The Bertz CT molecular complexity index is 842. The lowest BCUT2D eigenvalue weighted by Gasteiger charge is -2.23. The third kappa shape index (κ3) is 3.88. The first-order valence-corrected chi connectivity index (χ1v) is 8.35. The van der Waals surface area contributed by atoms with E-state index in [0.29, 0.717) is 5.92 Å². The van der Waals surface area contributed by atoms with Gasteiger partial charge in [0.1, 0.15) is 5.52 Å². The maximum atomic E-state index is 4.78. The summed E-state index contributed by atoms with van der Waals surface area (Å²) in [5, 5.41) is 11.2. The maximum absolute atomic E-state index is 4.78. The molecule has 4 heterocycles. The number of anilines is 1. The molecule has 1 aliphatic rings. The van der Waals surface area contributed by atoms with Gasteiger partial charge in [-0.25, -0.2) is 9.97 Å². The highest BCUT2D eigenvalue weighted by atomic mass is 35.5. The van der Waals surface area contributed by atoms with E-state index in [9.17, 15) is 0 Å². The van der Waals surface area contributed by atoms with Crippen molar-refractivity contribution in [3.05, 3.63) is 30.9 Å². The Morgan fingerprint density at radius 2 is 2.20 bits per heavy atom. The van der Waals surface area contributed by atoms with Gasteiger partial charge in [-0.2, -0.15) is 5.10 Å². The maximum Gasteiger partial charge on any atom is 0.154 e. The number of fused-ring (bicyclic) bond motifs is 1. The minimum Gasteiger partial charge on any atom is -0.368 e. The topological polar surface area (TPSA) is 80.5 Å². The van der Waals surface area contributed by atoms with E-state index in [1.807, 2.05) is 25.5 Å². The van der Waals surface area contributed by atoms with E-state index in [0.717, 1.165) is 47.7 Å². The van der Waals surface area contributed by atoms with Crippen LogP contribution in [0.5, 0.6) is 0 Å². The molecule has 1 fully saturated rings. The second-order valence-electron chi connectivity index (χ2n) is 6.28. The van der Waals surface area contributed by atoms with Gasteiger partial charge in [-0.05, 0) is 37.9 Å². The zero-order chi connectivity index (χ0) is 16.4. The first-order chi connectivity index (χ1) is 11.8. The number of aryl methyl sites for hydroxylation is 1. The third-order valence-electron chi connectivity index (χ3n) is 4.41. The Labute approximate surface area is 152 Å². The van der Waals surface area contributed by atoms with E-state index in [1.54, 1.807) is 17.1 Å². The average Bonchev–Trinajstić information content (AvgIpc) is 3.07. The molecule has 1 saturated heterocycles. The van der Waals surface area contributed by atoms with Crippen LogP contribution in [0.3, 0.4) is 0 Å². The number of nitrogens with one attached hydrogen (secondary N) is 2. The van der Waals surface area contributed by atoms with Gasteiger partial charge in [0.2, 0.25) is 0 Å². The summed E-state index contributed by atoms with van der Waals surface area (Å²) in [7, 11) is 1.90. The first-order valence-electron chi connectivity index (χ1n) is 8.35. The largest absolute Gasteiger partial charge is 0.368 e. The predicted molar refractivity (Wildman–Crippen MR) is 101 cm³/mol. The van der Waals surface area contributed by atoms with Gasteiger partial charge < -0.3 is 10.6 Å². The minimum absolute atomic E-state index is 0. The van der Waals surface area contributed by atoms with Crippen LogP contribution < -0.4 is 10.6 Å². The van der Waals surface area contributed by atoms with E-state index in [4.69, 9.17) is 4.98 Å². The lowest BCUT2D eigenvalue weighted by atomic mass is 10.00. The van der Waals surface area contributed by atoms with Crippen LogP contribution in [-0.2, 0) is 7.05 Å². The molecule has 0 aliphatic carbocycles. The van der Waals surface area contributed by atoms with Crippen molar-refractivity contribution in [2.45, 2.75) is 12.8 Å². The molecular weight excluding hydrogens is 338 g/mol. The highest BCUT2D eigenvalue weighted by molar-refractivity contribution is 5.88. The molecule has 0 unspecified atom stereocenters. The Balaban J connectivity index is 0.00000182. The lowest BCUT2D eigenvalue weighted by molar-refractivity contribution is 0.392. The molecule has 4 rings (SSSR count). The van der Waals surface area contributed by atoms with E-state index >= 15 is 0 Å². The molecule has 0 saturated carbocycles. The molecule has 0 amide bonds. The van der Waals surface area contributed by atoms with Crippen LogP contribution in [0.15, 0.2) is 30.9 Å². The highest BCUT2D eigenvalue weighted by Gasteiger charge is 2.15. The predicted octanol–water partition coefficient (Wildman–Crippen LogP) is 2.26. The number of aromatic nitrogens is 5. The molecule has 3 aromatic rings. The van der Waals surface area contributed by atoms with Crippen LogP contribution in [0.25, 0.3) is 22.3 Å². The number of hydrogen-bond acceptors (Lipinski definition) is 6. The summed E-state index contributed by atoms with van der Waals surface area (Å²) in [5.74, 6) is 1.42. The fourth-order valence-corrected chi connectivity index (χ4v) is 3.14. The van der Waals surface area contributed by atoms with E-state index < -0.39 is 0 Å². The summed E-state index contributed by atoms with van der Waals surface area (Å²) in [5.41, 5.74) is 3.50. The number of hydrogen-bond donors (Lipinski definition) is 2. The molecule has 3 aromatic heterocycles. The van der Waals surface area contributed by atoms with Gasteiger partial charge in [-0.3, -0.25) is 9.67 Å². The minimum atomic E-state index is 0. The van der Waals surface area contributed by atoms with Gasteiger partial charge in [0, 0.05) is 37.7 Å². The normalized spacial score (nSPS) is 17.2. The first kappa shape index (κ1) is 17.6. The molecule has 132 valence electrons. The number of nitrogens with zero attached hydrogens (tertiary/aromatic N) is 5. The van der Waals surface area contributed by atoms with Gasteiger partial charge in [0.25, 0.3) is 0 Å². The Morgan fingerprint density at radius 3 is 2.96 bits per heavy atom. The fraction of sp³-hybridized carbons (Fsp3) is 0.412. The van der Waals surface area contributed by atoms with Gasteiger partial charge in [-0.15, -0.1) is 12.4 Å². The van der Waals surface area contributed by atoms with Crippen LogP contribution in [-0.4, -0.2) is 44.4 Å². The fourth-order valence-electron chi connectivity index (χ4n) is 3.14. The van der Waals surface area contributed by atoms with Crippen LogP contribution in [0, 0.1) is 5.92 Å². The summed E-state index contributed by atoms with van der Waals surface area (Å²) in [6.45, 7) is 3.07. The molecule has 2 N–H and O–H groups in total. The second kappa shape index (κ2) is 7.76. The van der Waals surface area contributed by atoms with Crippen molar-refractivity contribution in [1.82, 2.24) is 30.0 Å². The summed E-state index contributed by atoms with van der Waals surface area (Å²) >= 11 is 0. The van der Waals surface area contributed by atoms with Crippen molar-refractivity contribution < 1.29 is 0 Å². The van der Waals surface area contributed by atoms with Crippen molar-refractivity contribution in [3.8, 4) is 11.3 Å². The van der Waals surface area contributed by atoms with Crippen LogP contribution in [0.1, 0.15) is 12.8 Å². The van der Waals surface area contributed by atoms with Crippen LogP contribution in [0.4, 0.5) is 5.82 Å². The third-order valence-corrected chi connectivity index (χ3v) is 4.41. The summed E-state index contributed by atoms with van der Waals surface area (Å²) in [4.78, 5) is 13.7. The zero-order valence-electron chi connectivity index (χ0n) is 14.1. The second-order valence-corrected chi connectivity index (χ2v) is 6.28. The van der Waals surface area contributed by atoms with Crippen LogP contribution in [0.2, 0.25) is 0 Å². The summed E-state index contributed by atoms with van der Waals surface area (Å²) in [6.07, 6.45) is 9.67. The van der Waals surface area contributed by atoms with Gasteiger partial charge in [-0.1, -0.05) is 0 Å². The Hall–Kier alpha value is -2.25. The summed E-state index contributed by atoms with van der Waals surface area (Å²) in [6, 6.07) is 1.96. The van der Waals surface area contributed by atoms with Gasteiger partial charge in [0.05, 0.1) is 17.4 Å². The number of piperidine rings is 1. The lowest BCUT2D eigenvalue weighted by Crippen LogP contribution is -2.33. The van der Waals surface area contributed by atoms with Crippen molar-refractivity contribution in [2.75, 3.05) is 25.0 Å². The van der Waals surface area contributed by atoms with Crippen molar-refractivity contribution in [1.29, 1.82) is 0 Å². The van der Waals surface area contributed by atoms with Crippen LogP contribution >= 0.6 is 12.4 Å². The number of rotatable bonds is 4. The van der Waals surface area contributed by atoms with Crippen molar-refractivity contribution in [2.24, 2.45) is 13.0 Å². The number of halogens is 1. The van der Waals surface area contributed by atoms with E-state index in [2.05, 4.69) is 25.7 Å². The molecule has 0 bridgehead atoms. The highest BCUT2D eigenvalue weighted by Crippen LogP contribution is 2.25. The molecular formula is C17H22ClN7. The Morgan fingerprint density at radius 1 is 1.32 bits per heavy atom. The molecule has 25 heavy (non-hydrogen) atoms. The number of pyridine rings is 1. The average molecular weight is 360 g/mol. The molecule has 8 heteroatoms. The molecule has 0 aromatic carbocycles. The molecule has 1 aliphatic heterocycles. The quantitative estimate of drug-likeness (QED) is 0.743. The van der Waals surface area contributed by atoms with E-state index in [-0.39, 0.29) is 12.4 Å². The van der Waals surface area contributed by atoms with E-state index in [1.165, 1.54) is 12.8 Å². The monoisotopic (exact) mass is 359 g/mol. The molecule has 0 spiro atoms. The smallest absolute Gasteiger partial charge is 0.154 e.